The van der Waals surface area contributed by atoms with Gasteiger partial charge < -0.3 is 9.47 Å². The van der Waals surface area contributed by atoms with Gasteiger partial charge in [-0.1, -0.05) is 18.1 Å². The van der Waals surface area contributed by atoms with Gasteiger partial charge in [0.2, 0.25) is 0 Å². The Labute approximate surface area is 148 Å². The van der Waals surface area contributed by atoms with Crippen LogP contribution < -0.4 is 0 Å². The highest BCUT2D eigenvalue weighted by Gasteiger charge is 2.36. The highest BCUT2D eigenvalue weighted by molar-refractivity contribution is 5.12. The third-order valence-corrected chi connectivity index (χ3v) is 5.62. The smallest absolute Gasteiger partial charge is 0.382 e. The first-order valence-corrected chi connectivity index (χ1v) is 9.36. The van der Waals surface area contributed by atoms with Crippen LogP contribution in [0.3, 0.4) is 0 Å². The lowest BCUT2D eigenvalue weighted by atomic mass is 9.78. The predicted octanol–water partition coefficient (Wildman–Crippen LogP) is 5.25. The third kappa shape index (κ3) is 6.91. The number of halogens is 3. The zero-order chi connectivity index (χ0) is 18.4. The van der Waals surface area contributed by atoms with Gasteiger partial charge in [-0.15, -0.1) is 13.2 Å². The molecule has 0 aromatic heterocycles. The molecule has 0 radical (unpaired) electrons. The van der Waals surface area contributed by atoms with Gasteiger partial charge in [0.25, 0.3) is 0 Å². The van der Waals surface area contributed by atoms with Crippen molar-refractivity contribution in [3.8, 4) is 0 Å². The van der Waals surface area contributed by atoms with E-state index in [2.05, 4.69) is 18.6 Å². The molecule has 0 aromatic rings. The maximum absolute atomic E-state index is 12.3. The second kappa shape index (κ2) is 9.38. The maximum Gasteiger partial charge on any atom is 0.522 e. The van der Waals surface area contributed by atoms with Crippen molar-refractivity contribution in [3.63, 3.8) is 0 Å². The van der Waals surface area contributed by atoms with Crippen molar-refractivity contribution >= 4 is 0 Å². The third-order valence-electron chi connectivity index (χ3n) is 5.62. The van der Waals surface area contributed by atoms with Gasteiger partial charge in [-0.2, -0.15) is 0 Å². The second-order valence-electron chi connectivity index (χ2n) is 7.45. The van der Waals surface area contributed by atoms with Crippen LogP contribution in [0.25, 0.3) is 0 Å². The molecular weight excluding hydrogens is 333 g/mol. The summed E-state index contributed by atoms with van der Waals surface area (Å²) in [5.74, 6) is 0.848. The van der Waals surface area contributed by atoms with Gasteiger partial charge in [0.15, 0.2) is 0 Å². The molecule has 1 aliphatic heterocycles. The quantitative estimate of drug-likeness (QED) is 0.578. The molecule has 0 spiro atoms. The van der Waals surface area contributed by atoms with Crippen LogP contribution in [0.5, 0.6) is 0 Å². The Hall–Kier alpha value is -0.590. The normalized spacial score (nSPS) is 32.3. The Morgan fingerprint density at radius 2 is 2.12 bits per heavy atom. The van der Waals surface area contributed by atoms with Crippen molar-refractivity contribution in [2.75, 3.05) is 13.7 Å². The van der Waals surface area contributed by atoms with Crippen LogP contribution in [0.1, 0.15) is 58.8 Å². The number of hydrogen-bond acceptors (Lipinski definition) is 3. The molecule has 1 unspecified atom stereocenters. The van der Waals surface area contributed by atoms with Gasteiger partial charge in [-0.25, -0.2) is 0 Å². The van der Waals surface area contributed by atoms with E-state index >= 15 is 0 Å². The first kappa shape index (κ1) is 20.7. The second-order valence-corrected chi connectivity index (χ2v) is 7.45. The molecule has 0 N–H and O–H groups in total. The highest BCUT2D eigenvalue weighted by atomic mass is 19.4. The van der Waals surface area contributed by atoms with E-state index in [0.29, 0.717) is 37.7 Å². The average Bonchev–Trinajstić information content (AvgIpc) is 2.55. The van der Waals surface area contributed by atoms with Gasteiger partial charge in [-0.3, -0.25) is 4.74 Å². The minimum atomic E-state index is -4.54. The summed E-state index contributed by atoms with van der Waals surface area (Å²) >= 11 is 0. The molecule has 1 aliphatic carbocycles. The molecule has 6 heteroatoms. The lowest BCUT2D eigenvalue weighted by Gasteiger charge is -2.37. The zero-order valence-electron chi connectivity index (χ0n) is 15.5. The zero-order valence-corrected chi connectivity index (χ0v) is 15.5. The molecular formula is C19H31F3O3. The Bertz CT molecular complexity index is 436. The summed E-state index contributed by atoms with van der Waals surface area (Å²) in [4.78, 5) is 0. The topological polar surface area (TPSA) is 27.7 Å². The molecule has 146 valence electrons. The highest BCUT2D eigenvalue weighted by Crippen LogP contribution is 2.37. The van der Waals surface area contributed by atoms with Crippen molar-refractivity contribution in [3.05, 3.63) is 11.6 Å². The van der Waals surface area contributed by atoms with Crippen LogP contribution in [0.15, 0.2) is 11.6 Å². The molecule has 5 atom stereocenters. The van der Waals surface area contributed by atoms with Crippen LogP contribution in [0.4, 0.5) is 13.2 Å². The number of hydrogen-bond donors (Lipinski definition) is 0. The van der Waals surface area contributed by atoms with E-state index in [0.717, 1.165) is 25.7 Å². The molecule has 0 bridgehead atoms. The van der Waals surface area contributed by atoms with Crippen LogP contribution in [0, 0.1) is 11.8 Å². The maximum atomic E-state index is 12.3. The van der Waals surface area contributed by atoms with Crippen molar-refractivity contribution in [2.45, 2.75) is 83.5 Å². The van der Waals surface area contributed by atoms with Crippen molar-refractivity contribution in [1.82, 2.24) is 0 Å². The molecule has 0 aromatic carbocycles. The van der Waals surface area contributed by atoms with E-state index in [4.69, 9.17) is 9.47 Å². The number of rotatable bonds is 7. The van der Waals surface area contributed by atoms with Crippen LogP contribution >= 0.6 is 0 Å². The molecule has 3 nitrogen and oxygen atoms in total. The summed E-state index contributed by atoms with van der Waals surface area (Å²) in [6.07, 6.45) is 3.00. The molecule has 2 aliphatic rings. The largest absolute Gasteiger partial charge is 0.522 e. The van der Waals surface area contributed by atoms with E-state index in [9.17, 15) is 13.2 Å². The van der Waals surface area contributed by atoms with Gasteiger partial charge in [-0.05, 0) is 58.3 Å². The summed E-state index contributed by atoms with van der Waals surface area (Å²) < 4.78 is 52.4. The van der Waals surface area contributed by atoms with Crippen LogP contribution in [0.2, 0.25) is 0 Å². The van der Waals surface area contributed by atoms with Gasteiger partial charge in [0, 0.05) is 13.0 Å². The molecule has 2 rings (SSSR count). The van der Waals surface area contributed by atoms with E-state index in [1.54, 1.807) is 7.11 Å². The van der Waals surface area contributed by atoms with E-state index in [1.165, 1.54) is 5.57 Å². The first-order valence-electron chi connectivity index (χ1n) is 9.36. The molecule has 25 heavy (non-hydrogen) atoms. The van der Waals surface area contributed by atoms with Gasteiger partial charge in [0.1, 0.15) is 0 Å². The lowest BCUT2D eigenvalue weighted by molar-refractivity contribution is -0.343. The Kier molecular flexibility index (Phi) is 7.77. The average molecular weight is 364 g/mol. The lowest BCUT2D eigenvalue weighted by Crippen LogP contribution is -2.34. The monoisotopic (exact) mass is 364 g/mol. The van der Waals surface area contributed by atoms with Crippen molar-refractivity contribution in [2.24, 2.45) is 11.8 Å². The predicted molar refractivity (Wildman–Crippen MR) is 90.2 cm³/mol. The molecule has 1 heterocycles. The van der Waals surface area contributed by atoms with Gasteiger partial charge in [0.05, 0.1) is 24.9 Å². The van der Waals surface area contributed by atoms with Crippen LogP contribution in [-0.2, 0) is 14.2 Å². The fraction of sp³-hybridized carbons (Fsp3) is 0.895. The number of alkyl halides is 3. The fourth-order valence-corrected chi connectivity index (χ4v) is 3.92. The summed E-state index contributed by atoms with van der Waals surface area (Å²) in [5.41, 5.74) is 1.25. The minimum Gasteiger partial charge on any atom is -0.382 e. The SMILES string of the molecule is CO[C@H](C)CCC[C@H]1C[C@@H](C2=CCC(OC(F)(F)F)CC2)CO[C@H]1C. The van der Waals surface area contributed by atoms with Crippen LogP contribution in [-0.4, -0.2) is 38.4 Å². The Balaban J connectivity index is 1.82. The minimum absolute atomic E-state index is 0.250. The summed E-state index contributed by atoms with van der Waals surface area (Å²) in [6.45, 7) is 4.89. The van der Waals surface area contributed by atoms with Gasteiger partial charge >= 0.3 is 6.36 Å². The van der Waals surface area contributed by atoms with E-state index in [1.807, 2.05) is 6.08 Å². The fourth-order valence-electron chi connectivity index (χ4n) is 3.92. The Morgan fingerprint density at radius 3 is 2.72 bits per heavy atom. The molecule has 0 amide bonds. The standard InChI is InChI=1S/C19H31F3O3/c1-13(23-3)5-4-6-16-11-17(12-24-14(16)2)15-7-9-18(10-8-15)25-19(20,21)22/h7,13-14,16-18H,4-6,8-12H2,1-3H3/t13-,14+,16+,17-,18?/m1/s1. The first-order chi connectivity index (χ1) is 11.8. The van der Waals surface area contributed by atoms with E-state index < -0.39 is 12.5 Å². The summed E-state index contributed by atoms with van der Waals surface area (Å²) in [7, 11) is 1.73. The van der Waals surface area contributed by atoms with E-state index in [-0.39, 0.29) is 12.2 Å². The summed E-state index contributed by atoms with van der Waals surface area (Å²) in [6, 6.07) is 0. The molecule has 0 saturated carbocycles. The summed E-state index contributed by atoms with van der Waals surface area (Å²) in [5, 5.41) is 0. The molecule has 1 saturated heterocycles. The van der Waals surface area contributed by atoms with Crippen molar-refractivity contribution < 1.29 is 27.4 Å². The molecule has 1 fully saturated rings. The van der Waals surface area contributed by atoms with Crippen molar-refractivity contribution in [1.29, 1.82) is 0 Å². The number of ether oxygens (including phenoxy) is 3. The Morgan fingerprint density at radius 1 is 1.36 bits per heavy atom. The number of methoxy groups -OCH3 is 1.